The van der Waals surface area contributed by atoms with Crippen molar-refractivity contribution in [2.24, 2.45) is 0 Å². The molecule has 0 spiro atoms. The zero-order chi connectivity index (χ0) is 22.7. The predicted octanol–water partition coefficient (Wildman–Crippen LogP) is 4.74. The van der Waals surface area contributed by atoms with Crippen LogP contribution in [0, 0.1) is 26.6 Å². The van der Waals surface area contributed by atoms with E-state index >= 15 is 0 Å². The van der Waals surface area contributed by atoms with Crippen molar-refractivity contribution in [3.63, 3.8) is 0 Å². The fourth-order valence-corrected chi connectivity index (χ4v) is 3.48. The molecule has 0 aliphatic rings. The normalized spacial score (nSPS) is 10.6. The Kier molecular flexibility index (Phi) is 6.34. The molecule has 160 valence electrons. The third kappa shape index (κ3) is 4.26. The van der Waals surface area contributed by atoms with Gasteiger partial charge in [0.15, 0.2) is 0 Å². The lowest BCUT2D eigenvalue weighted by atomic mass is 9.97. The van der Waals surface area contributed by atoms with E-state index in [1.807, 2.05) is 32.0 Å². The lowest BCUT2D eigenvalue weighted by Gasteiger charge is -2.12. The predicted molar refractivity (Wildman–Crippen MR) is 116 cm³/mol. The molecule has 0 fully saturated rings. The fourth-order valence-electron chi connectivity index (χ4n) is 3.48. The highest BCUT2D eigenvalue weighted by Crippen LogP contribution is 2.33. The Balaban J connectivity index is 2.11. The fraction of sp³-hybridized carbons (Fsp3) is 0.208. The maximum atomic E-state index is 14.6. The monoisotopic (exact) mass is 422 g/mol. The van der Waals surface area contributed by atoms with E-state index in [0.717, 1.165) is 11.1 Å². The number of ketones is 1. The Morgan fingerprint density at radius 3 is 2.26 bits per heavy atom. The molecule has 2 aromatic carbocycles. The molecule has 1 aromatic heterocycles. The molecule has 6 nitrogen and oxygen atoms in total. The molecule has 0 aliphatic carbocycles. The minimum atomic E-state index is -0.917. The Bertz CT molecular complexity index is 1160. The quantitative estimate of drug-likeness (QED) is 0.341. The number of benzene rings is 2. The van der Waals surface area contributed by atoms with Crippen molar-refractivity contribution < 1.29 is 23.5 Å². The van der Waals surface area contributed by atoms with E-state index in [-0.39, 0.29) is 29.0 Å². The average Bonchev–Trinajstić information content (AvgIpc) is 3.07. The molecule has 0 saturated carbocycles. The third-order valence-electron chi connectivity index (χ3n) is 4.96. The number of halogens is 1. The van der Waals surface area contributed by atoms with E-state index in [9.17, 15) is 18.8 Å². The zero-order valence-corrected chi connectivity index (χ0v) is 17.8. The van der Waals surface area contributed by atoms with Gasteiger partial charge in [-0.3, -0.25) is 9.59 Å². The second kappa shape index (κ2) is 8.95. The number of aromatic amines is 1. The molecule has 3 rings (SSSR count). The summed E-state index contributed by atoms with van der Waals surface area (Å²) in [6.07, 6.45) is 0. The van der Waals surface area contributed by atoms with Crippen LogP contribution in [0.25, 0.3) is 11.1 Å². The van der Waals surface area contributed by atoms with Gasteiger partial charge in [-0.05, 0) is 44.9 Å². The van der Waals surface area contributed by atoms with E-state index in [1.54, 1.807) is 19.9 Å². The minimum absolute atomic E-state index is 0.00991. The number of amides is 1. The van der Waals surface area contributed by atoms with Gasteiger partial charge in [0.05, 0.1) is 12.2 Å². The first kappa shape index (κ1) is 22.0. The van der Waals surface area contributed by atoms with E-state index in [4.69, 9.17) is 4.74 Å². The van der Waals surface area contributed by atoms with Crippen molar-refractivity contribution in [2.75, 3.05) is 11.9 Å². The van der Waals surface area contributed by atoms with E-state index in [2.05, 4.69) is 10.3 Å². The van der Waals surface area contributed by atoms with Crippen molar-refractivity contribution in [3.05, 3.63) is 76.4 Å². The van der Waals surface area contributed by atoms with Gasteiger partial charge in [0.2, 0.25) is 0 Å². The van der Waals surface area contributed by atoms with Gasteiger partial charge in [-0.2, -0.15) is 0 Å². The molecular formula is C24H23FN2O4. The summed E-state index contributed by atoms with van der Waals surface area (Å²) in [7, 11) is 0. The van der Waals surface area contributed by atoms with Crippen LogP contribution in [0.1, 0.15) is 44.6 Å². The van der Waals surface area contributed by atoms with Gasteiger partial charge in [-0.25, -0.2) is 9.18 Å². The first-order chi connectivity index (χ1) is 14.8. The maximum Gasteiger partial charge on any atom is 0.340 e. The van der Waals surface area contributed by atoms with Gasteiger partial charge < -0.3 is 15.0 Å². The number of aromatic nitrogens is 1. The van der Waals surface area contributed by atoms with E-state index in [0.29, 0.717) is 11.4 Å². The number of H-pyrrole nitrogens is 1. The zero-order valence-electron chi connectivity index (χ0n) is 17.8. The number of anilines is 1. The highest BCUT2D eigenvalue weighted by molar-refractivity contribution is 6.47. The molecule has 31 heavy (non-hydrogen) atoms. The van der Waals surface area contributed by atoms with Crippen LogP contribution in [-0.2, 0) is 9.53 Å². The van der Waals surface area contributed by atoms with Crippen molar-refractivity contribution in [1.82, 2.24) is 4.98 Å². The maximum absolute atomic E-state index is 14.6. The highest BCUT2D eigenvalue weighted by atomic mass is 19.1. The molecule has 7 heteroatoms. The summed E-state index contributed by atoms with van der Waals surface area (Å²) in [5.41, 5.74) is 2.32. The molecule has 1 heterocycles. The number of esters is 1. The first-order valence-corrected chi connectivity index (χ1v) is 9.82. The number of Topliss-reactive ketones (excluding diaryl/α,β-unsaturated/α-hetero) is 1. The Hall–Kier alpha value is -3.74. The first-order valence-electron chi connectivity index (χ1n) is 9.82. The molecule has 2 N–H and O–H groups in total. The highest BCUT2D eigenvalue weighted by Gasteiger charge is 2.31. The summed E-state index contributed by atoms with van der Waals surface area (Å²) in [5.74, 6) is -3.15. The van der Waals surface area contributed by atoms with Crippen LogP contribution in [0.2, 0.25) is 0 Å². The van der Waals surface area contributed by atoms with Crippen molar-refractivity contribution >= 4 is 23.3 Å². The van der Waals surface area contributed by atoms with Crippen LogP contribution in [0.4, 0.5) is 10.1 Å². The molecule has 0 aliphatic heterocycles. The van der Waals surface area contributed by atoms with Crippen molar-refractivity contribution in [1.29, 1.82) is 0 Å². The van der Waals surface area contributed by atoms with Crippen LogP contribution >= 0.6 is 0 Å². The van der Waals surface area contributed by atoms with E-state index < -0.39 is 23.5 Å². The van der Waals surface area contributed by atoms with Gasteiger partial charge in [0, 0.05) is 22.5 Å². The number of aryl methyl sites for hydroxylation is 3. The second-order valence-corrected chi connectivity index (χ2v) is 7.13. The SMILES string of the molecule is CCOC(=O)c1c(C)[nH]c(C(=O)C(=O)Nc2c(C)cccc2C)c1-c1ccccc1F. The van der Waals surface area contributed by atoms with Gasteiger partial charge in [0.1, 0.15) is 11.5 Å². The van der Waals surface area contributed by atoms with Crippen LogP contribution in [0.5, 0.6) is 0 Å². The summed E-state index contributed by atoms with van der Waals surface area (Å²) in [6, 6.07) is 11.2. The number of nitrogens with one attached hydrogen (secondary N) is 2. The van der Waals surface area contributed by atoms with Crippen molar-refractivity contribution in [3.8, 4) is 11.1 Å². The number of hydrogen-bond acceptors (Lipinski definition) is 4. The standard InChI is InChI=1S/C24H23FN2O4/c1-5-31-24(30)18-15(4)26-21(19(18)16-11-6-7-12-17(16)25)22(28)23(29)27-20-13(2)9-8-10-14(20)3/h6-12,26H,5H2,1-4H3,(H,27,29). The number of para-hydroxylation sites is 1. The second-order valence-electron chi connectivity index (χ2n) is 7.13. The summed E-state index contributed by atoms with van der Waals surface area (Å²) in [4.78, 5) is 41.3. The van der Waals surface area contributed by atoms with Gasteiger partial charge in [-0.1, -0.05) is 36.4 Å². The lowest BCUT2D eigenvalue weighted by Crippen LogP contribution is -2.24. The summed E-state index contributed by atoms with van der Waals surface area (Å²) < 4.78 is 19.7. The molecule has 0 atom stereocenters. The molecule has 3 aromatic rings. The summed E-state index contributed by atoms with van der Waals surface area (Å²) >= 11 is 0. The number of carbonyl (C=O) groups excluding carboxylic acids is 3. The third-order valence-corrected chi connectivity index (χ3v) is 4.96. The molecule has 0 bridgehead atoms. The summed E-state index contributed by atoms with van der Waals surface area (Å²) in [5, 5.41) is 2.63. The van der Waals surface area contributed by atoms with Gasteiger partial charge >= 0.3 is 5.97 Å². The van der Waals surface area contributed by atoms with Crippen LogP contribution in [0.15, 0.2) is 42.5 Å². The van der Waals surface area contributed by atoms with Crippen LogP contribution < -0.4 is 5.32 Å². The van der Waals surface area contributed by atoms with Gasteiger partial charge in [-0.15, -0.1) is 0 Å². The minimum Gasteiger partial charge on any atom is -0.462 e. The topological polar surface area (TPSA) is 88.3 Å². The number of hydrogen-bond donors (Lipinski definition) is 2. The number of ether oxygens (including phenoxy) is 1. The molecule has 1 amide bonds. The van der Waals surface area contributed by atoms with Crippen LogP contribution in [0.3, 0.4) is 0 Å². The Labute approximate surface area is 179 Å². The Morgan fingerprint density at radius 1 is 1.00 bits per heavy atom. The van der Waals surface area contributed by atoms with Crippen LogP contribution in [-0.4, -0.2) is 29.3 Å². The molecular weight excluding hydrogens is 399 g/mol. The largest absolute Gasteiger partial charge is 0.462 e. The van der Waals surface area contributed by atoms with E-state index in [1.165, 1.54) is 18.2 Å². The average molecular weight is 422 g/mol. The van der Waals surface area contributed by atoms with Crippen molar-refractivity contribution in [2.45, 2.75) is 27.7 Å². The molecule has 0 saturated heterocycles. The Morgan fingerprint density at radius 2 is 1.65 bits per heavy atom. The smallest absolute Gasteiger partial charge is 0.340 e. The number of carbonyl (C=O) groups is 3. The molecule has 0 unspecified atom stereocenters. The molecule has 0 radical (unpaired) electrons. The lowest BCUT2D eigenvalue weighted by molar-refractivity contribution is -0.112. The summed E-state index contributed by atoms with van der Waals surface area (Å²) in [6.45, 7) is 6.95. The van der Waals surface area contributed by atoms with Gasteiger partial charge in [0.25, 0.3) is 11.7 Å². The number of rotatable bonds is 6.